The fraction of sp³-hybridized carbons (Fsp3) is 0.158. The van der Waals surface area contributed by atoms with Crippen LogP contribution in [0.2, 0.25) is 5.15 Å². The maximum absolute atomic E-state index is 13.0. The molecule has 4 nitrogen and oxygen atoms in total. The minimum Gasteiger partial charge on any atom is -0.278 e. The summed E-state index contributed by atoms with van der Waals surface area (Å²) in [6, 6.07) is 14.8. The zero-order valence-electron chi connectivity index (χ0n) is 14.3. The highest BCUT2D eigenvalue weighted by Crippen LogP contribution is 2.34. The zero-order chi connectivity index (χ0) is 19.4. The summed E-state index contributed by atoms with van der Waals surface area (Å²) in [5, 5.41) is 8.66. The van der Waals surface area contributed by atoms with Gasteiger partial charge in [0.1, 0.15) is 5.15 Å². The van der Waals surface area contributed by atoms with E-state index in [0.29, 0.717) is 23.0 Å². The Morgan fingerprint density at radius 3 is 2.48 bits per heavy atom. The lowest BCUT2D eigenvalue weighted by Crippen LogP contribution is -2.08. The number of halogens is 4. The van der Waals surface area contributed by atoms with Crippen molar-refractivity contribution < 1.29 is 13.2 Å². The molecule has 0 aliphatic heterocycles. The number of hydrazone groups is 1. The second kappa shape index (κ2) is 7.84. The molecule has 0 fully saturated rings. The molecule has 3 rings (SSSR count). The normalized spacial score (nSPS) is 11.9. The van der Waals surface area contributed by atoms with Crippen molar-refractivity contribution in [2.75, 3.05) is 5.43 Å². The molecule has 1 aromatic heterocycles. The van der Waals surface area contributed by atoms with E-state index < -0.39 is 11.7 Å². The minimum absolute atomic E-state index is 0.133. The van der Waals surface area contributed by atoms with Gasteiger partial charge in [0, 0.05) is 0 Å². The monoisotopic (exact) mass is 392 g/mol. The second-order valence-corrected chi connectivity index (χ2v) is 6.20. The van der Waals surface area contributed by atoms with E-state index in [1.54, 1.807) is 11.6 Å². The standard InChI is InChI=1S/C19H16ClF3N4/c1-13-15(18(20)27(26-13)12-14-7-3-2-4-8-14)11-24-25-17-10-6-5-9-16(17)19(21,22)23/h2-11,25H,12H2,1H3. The van der Waals surface area contributed by atoms with Gasteiger partial charge in [-0.3, -0.25) is 5.43 Å². The van der Waals surface area contributed by atoms with Gasteiger partial charge >= 0.3 is 6.18 Å². The molecule has 0 aliphatic carbocycles. The first-order chi connectivity index (χ1) is 12.9. The average molecular weight is 393 g/mol. The molecule has 0 unspecified atom stereocenters. The van der Waals surface area contributed by atoms with Gasteiger partial charge in [-0.05, 0) is 24.6 Å². The van der Waals surface area contributed by atoms with Crippen molar-refractivity contribution in [1.82, 2.24) is 9.78 Å². The van der Waals surface area contributed by atoms with E-state index in [1.165, 1.54) is 24.4 Å². The van der Waals surface area contributed by atoms with Crippen LogP contribution in [0.4, 0.5) is 18.9 Å². The van der Waals surface area contributed by atoms with Gasteiger partial charge in [0.05, 0.1) is 35.3 Å². The molecular formula is C19H16ClF3N4. The molecule has 0 spiro atoms. The maximum atomic E-state index is 13.0. The number of hydrogen-bond acceptors (Lipinski definition) is 3. The third-order valence-electron chi connectivity index (χ3n) is 3.90. The Kier molecular flexibility index (Phi) is 5.51. The highest BCUT2D eigenvalue weighted by Gasteiger charge is 2.33. The number of aryl methyl sites for hydroxylation is 1. The molecule has 140 valence electrons. The number of nitrogens with zero attached hydrogens (tertiary/aromatic N) is 3. The lowest BCUT2D eigenvalue weighted by atomic mass is 10.2. The van der Waals surface area contributed by atoms with Gasteiger partial charge in [-0.1, -0.05) is 54.1 Å². The third-order valence-corrected chi connectivity index (χ3v) is 4.29. The summed E-state index contributed by atoms with van der Waals surface area (Å²) in [6.45, 7) is 2.25. The van der Waals surface area contributed by atoms with Crippen LogP contribution in [0.3, 0.4) is 0 Å². The molecule has 0 saturated carbocycles. The number of para-hydroxylation sites is 1. The molecule has 2 aromatic carbocycles. The SMILES string of the molecule is Cc1nn(Cc2ccccc2)c(Cl)c1C=NNc1ccccc1C(F)(F)F. The number of rotatable bonds is 5. The lowest BCUT2D eigenvalue weighted by Gasteiger charge is -2.11. The van der Waals surface area contributed by atoms with E-state index in [2.05, 4.69) is 15.6 Å². The molecule has 0 aliphatic rings. The Bertz CT molecular complexity index is 949. The van der Waals surface area contributed by atoms with Crippen molar-refractivity contribution in [3.05, 3.63) is 82.1 Å². The Morgan fingerprint density at radius 1 is 1.11 bits per heavy atom. The van der Waals surface area contributed by atoms with Crippen LogP contribution in [0.5, 0.6) is 0 Å². The fourth-order valence-electron chi connectivity index (χ4n) is 2.57. The van der Waals surface area contributed by atoms with E-state index in [9.17, 15) is 13.2 Å². The number of benzene rings is 2. The van der Waals surface area contributed by atoms with E-state index in [-0.39, 0.29) is 5.69 Å². The maximum Gasteiger partial charge on any atom is 0.418 e. The fourth-order valence-corrected chi connectivity index (χ4v) is 2.85. The number of anilines is 1. The third kappa shape index (κ3) is 4.49. The predicted octanol–water partition coefficient (Wildman–Crippen LogP) is 5.36. The Balaban J connectivity index is 1.79. The molecule has 0 amide bonds. The van der Waals surface area contributed by atoms with Crippen molar-refractivity contribution >= 4 is 23.5 Å². The summed E-state index contributed by atoms with van der Waals surface area (Å²) >= 11 is 6.37. The van der Waals surface area contributed by atoms with Crippen molar-refractivity contribution in [2.45, 2.75) is 19.6 Å². The first-order valence-corrected chi connectivity index (χ1v) is 8.46. The summed E-state index contributed by atoms with van der Waals surface area (Å²) < 4.78 is 40.7. The highest BCUT2D eigenvalue weighted by atomic mass is 35.5. The van der Waals surface area contributed by atoms with Crippen LogP contribution in [-0.4, -0.2) is 16.0 Å². The van der Waals surface area contributed by atoms with Crippen LogP contribution >= 0.6 is 11.6 Å². The Labute approximate surface area is 159 Å². The summed E-state index contributed by atoms with van der Waals surface area (Å²) in [4.78, 5) is 0. The molecule has 0 atom stereocenters. The van der Waals surface area contributed by atoms with Crippen molar-refractivity contribution in [2.24, 2.45) is 5.10 Å². The van der Waals surface area contributed by atoms with Gasteiger partial charge in [0.15, 0.2) is 0 Å². The Hall–Kier alpha value is -2.80. The van der Waals surface area contributed by atoms with E-state index in [1.807, 2.05) is 30.3 Å². The first-order valence-electron chi connectivity index (χ1n) is 8.08. The van der Waals surface area contributed by atoms with Crippen molar-refractivity contribution in [3.8, 4) is 0 Å². The number of nitrogens with one attached hydrogen (secondary N) is 1. The van der Waals surface area contributed by atoms with E-state index in [0.717, 1.165) is 11.6 Å². The molecule has 1 N–H and O–H groups in total. The van der Waals surface area contributed by atoms with Crippen molar-refractivity contribution in [1.29, 1.82) is 0 Å². The molecule has 8 heteroatoms. The number of alkyl halides is 3. The minimum atomic E-state index is -4.47. The van der Waals surface area contributed by atoms with Crippen LogP contribution in [0.15, 0.2) is 59.7 Å². The van der Waals surface area contributed by atoms with Crippen molar-refractivity contribution in [3.63, 3.8) is 0 Å². The average Bonchev–Trinajstić information content (AvgIpc) is 2.89. The summed E-state index contributed by atoms with van der Waals surface area (Å²) in [5.74, 6) is 0. The molecular weight excluding hydrogens is 377 g/mol. The van der Waals surface area contributed by atoms with Crippen LogP contribution in [0, 0.1) is 6.92 Å². The smallest absolute Gasteiger partial charge is 0.278 e. The first kappa shape index (κ1) is 19.0. The summed E-state index contributed by atoms with van der Waals surface area (Å²) in [7, 11) is 0. The highest BCUT2D eigenvalue weighted by molar-refractivity contribution is 6.32. The number of hydrogen-bond donors (Lipinski definition) is 1. The van der Waals surface area contributed by atoms with Gasteiger partial charge in [-0.25, -0.2) is 4.68 Å². The van der Waals surface area contributed by atoms with E-state index >= 15 is 0 Å². The largest absolute Gasteiger partial charge is 0.418 e. The molecule has 1 heterocycles. The molecule has 0 saturated heterocycles. The molecule has 0 radical (unpaired) electrons. The summed E-state index contributed by atoms with van der Waals surface area (Å²) in [6.07, 6.45) is -3.09. The van der Waals surface area contributed by atoms with Crippen LogP contribution in [0.25, 0.3) is 0 Å². The number of aromatic nitrogens is 2. The van der Waals surface area contributed by atoms with Crippen LogP contribution in [0.1, 0.15) is 22.4 Å². The van der Waals surface area contributed by atoms with Gasteiger partial charge < -0.3 is 0 Å². The van der Waals surface area contributed by atoms with E-state index in [4.69, 9.17) is 11.6 Å². The van der Waals surface area contributed by atoms with Crippen LogP contribution < -0.4 is 5.43 Å². The Morgan fingerprint density at radius 2 is 1.78 bits per heavy atom. The van der Waals surface area contributed by atoms with Gasteiger partial charge in [0.2, 0.25) is 0 Å². The summed E-state index contributed by atoms with van der Waals surface area (Å²) in [5.41, 5.74) is 3.72. The molecule has 27 heavy (non-hydrogen) atoms. The van der Waals surface area contributed by atoms with Crippen LogP contribution in [-0.2, 0) is 12.7 Å². The second-order valence-electron chi connectivity index (χ2n) is 5.85. The molecule has 3 aromatic rings. The predicted molar refractivity (Wildman–Crippen MR) is 100 cm³/mol. The lowest BCUT2D eigenvalue weighted by molar-refractivity contribution is -0.136. The topological polar surface area (TPSA) is 42.2 Å². The molecule has 0 bridgehead atoms. The van der Waals surface area contributed by atoms with Gasteiger partial charge in [-0.2, -0.15) is 23.4 Å². The quantitative estimate of drug-likeness (QED) is 0.469. The van der Waals surface area contributed by atoms with Gasteiger partial charge in [0.25, 0.3) is 0 Å². The zero-order valence-corrected chi connectivity index (χ0v) is 15.1. The van der Waals surface area contributed by atoms with Gasteiger partial charge in [-0.15, -0.1) is 0 Å².